The molecule has 9 heteroatoms. The molecule has 0 aliphatic carbocycles. The number of ether oxygens (including phenoxy) is 1. The maximum Gasteiger partial charge on any atom is 0.246 e. The fraction of sp³-hybridized carbons (Fsp3) is 0.500. The van der Waals surface area contributed by atoms with Gasteiger partial charge in [-0.25, -0.2) is 8.42 Å². The van der Waals surface area contributed by atoms with E-state index in [2.05, 4.69) is 11.2 Å². The molecule has 1 fully saturated rings. The lowest BCUT2D eigenvalue weighted by Crippen LogP contribution is -2.41. The number of amides is 1. The van der Waals surface area contributed by atoms with Gasteiger partial charge in [-0.05, 0) is 31.4 Å². The minimum absolute atomic E-state index is 0.0352. The fourth-order valence-corrected chi connectivity index (χ4v) is 5.84. The van der Waals surface area contributed by atoms with Crippen molar-refractivity contribution in [2.24, 2.45) is 0 Å². The molecule has 0 N–H and O–H groups in total. The van der Waals surface area contributed by atoms with Gasteiger partial charge in [0.05, 0.1) is 24.6 Å². The van der Waals surface area contributed by atoms with Gasteiger partial charge in [-0.3, -0.25) is 9.48 Å². The summed E-state index contributed by atoms with van der Waals surface area (Å²) in [5.74, 6) is -0.0552. The molecule has 2 aromatic rings. The molecule has 2 aliphatic heterocycles. The number of rotatable bonds is 4. The van der Waals surface area contributed by atoms with Crippen molar-refractivity contribution < 1.29 is 17.9 Å². The summed E-state index contributed by atoms with van der Waals surface area (Å²) in [6.07, 6.45) is 0.829. The van der Waals surface area contributed by atoms with Crippen LogP contribution in [0, 0.1) is 13.8 Å². The summed E-state index contributed by atoms with van der Waals surface area (Å²) < 4.78 is 34.4. The van der Waals surface area contributed by atoms with Crippen LogP contribution in [0.4, 0.5) is 0 Å². The van der Waals surface area contributed by atoms with Crippen molar-refractivity contribution >= 4 is 15.9 Å². The van der Waals surface area contributed by atoms with Gasteiger partial charge in [0.25, 0.3) is 0 Å². The van der Waals surface area contributed by atoms with E-state index in [4.69, 9.17) is 4.74 Å². The van der Waals surface area contributed by atoms with E-state index in [0.29, 0.717) is 50.8 Å². The zero-order valence-corrected chi connectivity index (χ0v) is 17.6. The average Bonchev–Trinajstić information content (AvgIpc) is 3.01. The van der Waals surface area contributed by atoms with Crippen molar-refractivity contribution in [3.63, 3.8) is 0 Å². The monoisotopic (exact) mass is 418 g/mol. The second-order valence-electron chi connectivity index (χ2n) is 7.51. The molecule has 1 amide bonds. The van der Waals surface area contributed by atoms with Crippen LogP contribution < -0.4 is 0 Å². The SMILES string of the molecule is Cc1nn(CC(=O)N2CCc3ccccc3C2)c(C)c1S(=O)(=O)N1CCOCC1. The number of carbonyl (C=O) groups excluding carboxylic acids is 1. The lowest BCUT2D eigenvalue weighted by atomic mass is 10.00. The number of hydrogen-bond donors (Lipinski definition) is 0. The van der Waals surface area contributed by atoms with E-state index in [1.165, 1.54) is 14.6 Å². The molecular formula is C20H26N4O4S. The zero-order chi connectivity index (χ0) is 20.6. The first kappa shape index (κ1) is 20.1. The summed E-state index contributed by atoms with van der Waals surface area (Å²) in [6, 6.07) is 8.14. The van der Waals surface area contributed by atoms with E-state index in [9.17, 15) is 13.2 Å². The van der Waals surface area contributed by atoms with Crippen molar-refractivity contribution in [2.45, 2.75) is 38.3 Å². The summed E-state index contributed by atoms with van der Waals surface area (Å²) in [4.78, 5) is 14.9. The van der Waals surface area contributed by atoms with Crippen LogP contribution in [-0.4, -0.2) is 66.2 Å². The minimum Gasteiger partial charge on any atom is -0.379 e. The zero-order valence-electron chi connectivity index (χ0n) is 16.8. The highest BCUT2D eigenvalue weighted by molar-refractivity contribution is 7.89. The molecule has 2 aliphatic rings. The summed E-state index contributed by atoms with van der Waals surface area (Å²) in [7, 11) is -3.66. The number of fused-ring (bicyclic) bond motifs is 1. The maximum atomic E-state index is 13.1. The molecule has 0 unspecified atom stereocenters. The summed E-state index contributed by atoms with van der Waals surface area (Å²) in [5.41, 5.74) is 3.36. The van der Waals surface area contributed by atoms with Crippen molar-refractivity contribution in [1.29, 1.82) is 0 Å². The quantitative estimate of drug-likeness (QED) is 0.743. The first-order valence-electron chi connectivity index (χ1n) is 9.84. The van der Waals surface area contributed by atoms with E-state index in [1.54, 1.807) is 13.8 Å². The molecule has 3 heterocycles. The number of morpholine rings is 1. The number of sulfonamides is 1. The molecule has 0 radical (unpaired) electrons. The third kappa shape index (κ3) is 3.82. The van der Waals surface area contributed by atoms with Crippen LogP contribution in [0.15, 0.2) is 29.2 Å². The van der Waals surface area contributed by atoms with Crippen molar-refractivity contribution in [3.05, 3.63) is 46.8 Å². The Labute approximate surface area is 171 Å². The van der Waals surface area contributed by atoms with Crippen LogP contribution in [0.25, 0.3) is 0 Å². The highest BCUT2D eigenvalue weighted by atomic mass is 32.2. The largest absolute Gasteiger partial charge is 0.379 e. The van der Waals surface area contributed by atoms with Gasteiger partial charge in [0.15, 0.2) is 0 Å². The minimum atomic E-state index is -3.66. The Morgan fingerprint density at radius 1 is 1.10 bits per heavy atom. The fourth-order valence-electron chi connectivity index (χ4n) is 4.06. The van der Waals surface area contributed by atoms with E-state index in [1.807, 2.05) is 23.1 Å². The van der Waals surface area contributed by atoms with Gasteiger partial charge < -0.3 is 9.64 Å². The second kappa shape index (κ2) is 7.89. The Hall–Kier alpha value is -2.23. The lowest BCUT2D eigenvalue weighted by molar-refractivity contribution is -0.133. The van der Waals surface area contributed by atoms with Crippen molar-refractivity contribution in [2.75, 3.05) is 32.8 Å². The highest BCUT2D eigenvalue weighted by Crippen LogP contribution is 2.25. The van der Waals surface area contributed by atoms with Gasteiger partial charge in [0, 0.05) is 26.2 Å². The van der Waals surface area contributed by atoms with Crippen LogP contribution >= 0.6 is 0 Å². The second-order valence-corrected chi connectivity index (χ2v) is 9.38. The Kier molecular flexibility index (Phi) is 5.46. The molecule has 1 aromatic heterocycles. The van der Waals surface area contributed by atoms with Crippen LogP contribution in [0.2, 0.25) is 0 Å². The van der Waals surface area contributed by atoms with Crippen LogP contribution in [0.1, 0.15) is 22.5 Å². The normalized spacial score (nSPS) is 17.9. The molecule has 8 nitrogen and oxygen atoms in total. The Balaban J connectivity index is 1.53. The Morgan fingerprint density at radius 3 is 2.52 bits per heavy atom. The number of aryl methyl sites for hydroxylation is 1. The Morgan fingerprint density at radius 2 is 1.79 bits per heavy atom. The van der Waals surface area contributed by atoms with E-state index >= 15 is 0 Å². The van der Waals surface area contributed by atoms with Gasteiger partial charge in [-0.2, -0.15) is 9.40 Å². The first-order valence-corrected chi connectivity index (χ1v) is 11.3. The molecule has 29 heavy (non-hydrogen) atoms. The standard InChI is InChI=1S/C20H26N4O4S/c1-15-20(29(26,27)23-9-11-28-12-10-23)16(2)24(21-15)14-19(25)22-8-7-17-5-3-4-6-18(17)13-22/h3-6H,7-14H2,1-2H3. The third-order valence-electron chi connectivity index (χ3n) is 5.65. The highest BCUT2D eigenvalue weighted by Gasteiger charge is 2.32. The van der Waals surface area contributed by atoms with Gasteiger partial charge >= 0.3 is 0 Å². The predicted octanol–water partition coefficient (Wildman–Crippen LogP) is 1.11. The summed E-state index contributed by atoms with van der Waals surface area (Å²) in [5, 5.41) is 4.38. The third-order valence-corrected chi connectivity index (χ3v) is 7.80. The van der Waals surface area contributed by atoms with Crippen molar-refractivity contribution in [3.8, 4) is 0 Å². The number of aromatic nitrogens is 2. The van der Waals surface area contributed by atoms with Gasteiger partial charge in [-0.1, -0.05) is 24.3 Å². The number of benzene rings is 1. The Bertz CT molecular complexity index is 1030. The average molecular weight is 419 g/mol. The molecule has 156 valence electrons. The smallest absolute Gasteiger partial charge is 0.246 e. The van der Waals surface area contributed by atoms with E-state index < -0.39 is 10.0 Å². The predicted molar refractivity (Wildman–Crippen MR) is 107 cm³/mol. The number of carbonyl (C=O) groups is 1. The maximum absolute atomic E-state index is 13.1. The summed E-state index contributed by atoms with van der Waals surface area (Å²) >= 11 is 0. The molecule has 0 saturated carbocycles. The molecule has 4 rings (SSSR count). The molecule has 0 spiro atoms. The van der Waals surface area contributed by atoms with Gasteiger partial charge in [0.2, 0.25) is 15.9 Å². The lowest BCUT2D eigenvalue weighted by Gasteiger charge is -2.29. The number of hydrogen-bond acceptors (Lipinski definition) is 5. The van der Waals surface area contributed by atoms with Crippen LogP contribution in [0.3, 0.4) is 0 Å². The molecule has 1 saturated heterocycles. The first-order chi connectivity index (χ1) is 13.9. The molecule has 1 aromatic carbocycles. The van der Waals surface area contributed by atoms with Crippen molar-refractivity contribution in [1.82, 2.24) is 19.0 Å². The van der Waals surface area contributed by atoms with Gasteiger partial charge in [0.1, 0.15) is 11.4 Å². The van der Waals surface area contributed by atoms with Gasteiger partial charge in [-0.15, -0.1) is 0 Å². The topological polar surface area (TPSA) is 84.7 Å². The molecular weight excluding hydrogens is 392 g/mol. The van der Waals surface area contributed by atoms with E-state index in [-0.39, 0.29) is 17.3 Å². The van der Waals surface area contributed by atoms with E-state index in [0.717, 1.165) is 12.0 Å². The number of nitrogens with zero attached hydrogens (tertiary/aromatic N) is 4. The van der Waals surface area contributed by atoms with Crippen LogP contribution in [-0.2, 0) is 39.1 Å². The molecule has 0 bridgehead atoms. The summed E-state index contributed by atoms with van der Waals surface area (Å²) in [6.45, 7) is 6.11. The van der Waals surface area contributed by atoms with Crippen LogP contribution in [0.5, 0.6) is 0 Å². The molecule has 0 atom stereocenters.